The zero-order valence-corrected chi connectivity index (χ0v) is 10.3. The highest BCUT2D eigenvalue weighted by atomic mass is 16.5. The SMILES string of the molecule is COc1ccc(NC(=O)C(C)(C)CN)cc1O. The zero-order valence-electron chi connectivity index (χ0n) is 10.3. The molecule has 5 nitrogen and oxygen atoms in total. The topological polar surface area (TPSA) is 84.6 Å². The van der Waals surface area contributed by atoms with Crippen molar-refractivity contribution in [3.05, 3.63) is 18.2 Å². The molecule has 0 spiro atoms. The number of amides is 1. The van der Waals surface area contributed by atoms with Gasteiger partial charge < -0.3 is 20.9 Å². The molecule has 1 amide bonds. The van der Waals surface area contributed by atoms with Crippen LogP contribution in [0.1, 0.15) is 13.8 Å². The van der Waals surface area contributed by atoms with Gasteiger partial charge in [0.15, 0.2) is 11.5 Å². The van der Waals surface area contributed by atoms with E-state index in [2.05, 4.69) is 5.32 Å². The molecule has 0 aromatic heterocycles. The molecule has 5 heteroatoms. The lowest BCUT2D eigenvalue weighted by molar-refractivity contribution is -0.123. The Morgan fingerprint density at radius 2 is 2.18 bits per heavy atom. The van der Waals surface area contributed by atoms with Gasteiger partial charge in [0.25, 0.3) is 0 Å². The van der Waals surface area contributed by atoms with Gasteiger partial charge in [-0.25, -0.2) is 0 Å². The molecule has 1 aromatic rings. The Morgan fingerprint density at radius 1 is 1.53 bits per heavy atom. The fourth-order valence-corrected chi connectivity index (χ4v) is 1.16. The van der Waals surface area contributed by atoms with E-state index < -0.39 is 5.41 Å². The predicted molar refractivity (Wildman–Crippen MR) is 66.1 cm³/mol. The molecule has 0 aliphatic carbocycles. The fraction of sp³-hybridized carbons (Fsp3) is 0.417. The van der Waals surface area contributed by atoms with Gasteiger partial charge in [0.05, 0.1) is 12.5 Å². The first-order valence-corrected chi connectivity index (χ1v) is 5.29. The third-order valence-electron chi connectivity index (χ3n) is 2.56. The van der Waals surface area contributed by atoms with Crippen LogP contribution < -0.4 is 15.8 Å². The molecule has 4 N–H and O–H groups in total. The predicted octanol–water partition coefficient (Wildman–Crippen LogP) is 1.32. The van der Waals surface area contributed by atoms with Crippen LogP contribution >= 0.6 is 0 Å². The van der Waals surface area contributed by atoms with Gasteiger partial charge in [-0.2, -0.15) is 0 Å². The molecule has 0 radical (unpaired) electrons. The van der Waals surface area contributed by atoms with Crippen LogP contribution in [0.3, 0.4) is 0 Å². The van der Waals surface area contributed by atoms with Crippen molar-refractivity contribution < 1.29 is 14.6 Å². The number of carbonyl (C=O) groups excluding carboxylic acids is 1. The third kappa shape index (κ3) is 3.10. The number of nitrogens with two attached hydrogens (primary N) is 1. The Labute approximate surface area is 101 Å². The molecule has 0 aliphatic heterocycles. The molecule has 0 unspecified atom stereocenters. The smallest absolute Gasteiger partial charge is 0.231 e. The van der Waals surface area contributed by atoms with Crippen molar-refractivity contribution in [1.29, 1.82) is 0 Å². The molecule has 94 valence electrons. The number of nitrogens with one attached hydrogen (secondary N) is 1. The minimum Gasteiger partial charge on any atom is -0.504 e. The molecule has 0 atom stereocenters. The highest BCUT2D eigenvalue weighted by Gasteiger charge is 2.25. The number of aromatic hydroxyl groups is 1. The largest absolute Gasteiger partial charge is 0.504 e. The van der Waals surface area contributed by atoms with Gasteiger partial charge >= 0.3 is 0 Å². The number of methoxy groups -OCH3 is 1. The van der Waals surface area contributed by atoms with Gasteiger partial charge in [0, 0.05) is 18.3 Å². The minimum absolute atomic E-state index is 0.0177. The maximum absolute atomic E-state index is 11.8. The number of hydrogen-bond donors (Lipinski definition) is 3. The number of rotatable bonds is 4. The van der Waals surface area contributed by atoms with Crippen LogP contribution in [0, 0.1) is 5.41 Å². The lowest BCUT2D eigenvalue weighted by Gasteiger charge is -2.21. The monoisotopic (exact) mass is 238 g/mol. The fourth-order valence-electron chi connectivity index (χ4n) is 1.16. The second-order valence-corrected chi connectivity index (χ2v) is 4.43. The van der Waals surface area contributed by atoms with Crippen molar-refractivity contribution in [1.82, 2.24) is 0 Å². The average Bonchev–Trinajstić information content (AvgIpc) is 2.29. The third-order valence-corrected chi connectivity index (χ3v) is 2.56. The first-order valence-electron chi connectivity index (χ1n) is 5.29. The Morgan fingerprint density at radius 3 is 2.65 bits per heavy atom. The summed E-state index contributed by atoms with van der Waals surface area (Å²) in [6.07, 6.45) is 0. The van der Waals surface area contributed by atoms with Gasteiger partial charge in [-0.15, -0.1) is 0 Å². The number of benzene rings is 1. The van der Waals surface area contributed by atoms with Gasteiger partial charge in [-0.05, 0) is 26.0 Å². The summed E-state index contributed by atoms with van der Waals surface area (Å²) >= 11 is 0. The van der Waals surface area contributed by atoms with Crippen molar-refractivity contribution in [2.24, 2.45) is 11.1 Å². The summed E-state index contributed by atoms with van der Waals surface area (Å²) in [5.41, 5.74) is 5.37. The van der Waals surface area contributed by atoms with Crippen molar-refractivity contribution >= 4 is 11.6 Å². The average molecular weight is 238 g/mol. The summed E-state index contributed by atoms with van der Waals surface area (Å²) in [7, 11) is 1.46. The number of anilines is 1. The summed E-state index contributed by atoms with van der Waals surface area (Å²) in [5, 5.41) is 12.3. The van der Waals surface area contributed by atoms with Crippen LogP contribution in [0.4, 0.5) is 5.69 Å². The first kappa shape index (κ1) is 13.3. The summed E-state index contributed by atoms with van der Waals surface area (Å²) < 4.78 is 4.91. The Bertz CT molecular complexity index is 416. The maximum atomic E-state index is 11.8. The zero-order chi connectivity index (χ0) is 13.1. The molecule has 1 aromatic carbocycles. The highest BCUT2D eigenvalue weighted by molar-refractivity contribution is 5.95. The second-order valence-electron chi connectivity index (χ2n) is 4.43. The van der Waals surface area contributed by atoms with E-state index in [1.54, 1.807) is 26.0 Å². The number of hydrogen-bond acceptors (Lipinski definition) is 4. The molecule has 0 aliphatic rings. The molecule has 0 heterocycles. The number of phenolic OH excluding ortho intramolecular Hbond substituents is 1. The standard InChI is InChI=1S/C12H18N2O3/c1-12(2,7-13)11(16)14-8-4-5-10(17-3)9(15)6-8/h4-6,15H,7,13H2,1-3H3,(H,14,16). The molecule has 0 saturated carbocycles. The van der Waals surface area contributed by atoms with Crippen LogP contribution in [-0.4, -0.2) is 24.7 Å². The van der Waals surface area contributed by atoms with E-state index in [4.69, 9.17) is 10.5 Å². The van der Waals surface area contributed by atoms with Gasteiger partial charge in [-0.1, -0.05) is 0 Å². The van der Waals surface area contributed by atoms with Gasteiger partial charge in [0.1, 0.15) is 0 Å². The summed E-state index contributed by atoms with van der Waals surface area (Å²) in [6.45, 7) is 3.76. The number of carbonyl (C=O) groups is 1. The number of ether oxygens (including phenoxy) is 1. The van der Waals surface area contributed by atoms with E-state index in [1.165, 1.54) is 13.2 Å². The van der Waals surface area contributed by atoms with E-state index in [0.717, 1.165) is 0 Å². The molecule has 0 fully saturated rings. The second kappa shape index (κ2) is 5.05. The molecular weight excluding hydrogens is 220 g/mol. The lowest BCUT2D eigenvalue weighted by atomic mass is 9.92. The van der Waals surface area contributed by atoms with Crippen molar-refractivity contribution in [2.45, 2.75) is 13.8 Å². The van der Waals surface area contributed by atoms with E-state index in [-0.39, 0.29) is 18.2 Å². The molecule has 0 bridgehead atoms. The molecular formula is C12H18N2O3. The minimum atomic E-state index is -0.643. The van der Waals surface area contributed by atoms with Gasteiger partial charge in [-0.3, -0.25) is 4.79 Å². The molecule has 1 rings (SSSR count). The van der Waals surface area contributed by atoms with E-state index in [1.807, 2.05) is 0 Å². The van der Waals surface area contributed by atoms with Gasteiger partial charge in [0.2, 0.25) is 5.91 Å². The number of phenols is 1. The normalized spacial score (nSPS) is 11.1. The summed E-state index contributed by atoms with van der Waals surface area (Å²) in [6, 6.07) is 4.67. The van der Waals surface area contributed by atoms with E-state index >= 15 is 0 Å². The Balaban J connectivity index is 2.83. The molecule has 0 saturated heterocycles. The Hall–Kier alpha value is -1.75. The lowest BCUT2D eigenvalue weighted by Crippen LogP contribution is -2.37. The first-order chi connectivity index (χ1) is 7.90. The maximum Gasteiger partial charge on any atom is 0.231 e. The van der Waals surface area contributed by atoms with Crippen LogP contribution in [-0.2, 0) is 4.79 Å². The van der Waals surface area contributed by atoms with Crippen molar-refractivity contribution in [2.75, 3.05) is 19.0 Å². The van der Waals surface area contributed by atoms with Crippen molar-refractivity contribution in [3.8, 4) is 11.5 Å². The summed E-state index contributed by atoms with van der Waals surface area (Å²) in [4.78, 5) is 11.8. The van der Waals surface area contributed by atoms with Crippen LogP contribution in [0.5, 0.6) is 11.5 Å². The van der Waals surface area contributed by atoms with Crippen LogP contribution in [0.25, 0.3) is 0 Å². The van der Waals surface area contributed by atoms with E-state index in [0.29, 0.717) is 11.4 Å². The molecule has 17 heavy (non-hydrogen) atoms. The van der Waals surface area contributed by atoms with E-state index in [9.17, 15) is 9.90 Å². The quantitative estimate of drug-likeness (QED) is 0.738. The summed E-state index contributed by atoms with van der Waals surface area (Å²) in [5.74, 6) is 0.154. The highest BCUT2D eigenvalue weighted by Crippen LogP contribution is 2.29. The van der Waals surface area contributed by atoms with Crippen LogP contribution in [0.2, 0.25) is 0 Å². The van der Waals surface area contributed by atoms with Crippen LogP contribution in [0.15, 0.2) is 18.2 Å². The Kier molecular flexibility index (Phi) is 3.96. The van der Waals surface area contributed by atoms with Crippen molar-refractivity contribution in [3.63, 3.8) is 0 Å².